The van der Waals surface area contributed by atoms with Crippen molar-refractivity contribution in [2.75, 3.05) is 25.2 Å². The summed E-state index contributed by atoms with van der Waals surface area (Å²) in [6.45, 7) is 2.78. The molecule has 0 aliphatic heterocycles. The SMILES string of the molecule is COc1cc(C(C)=O)ccc1OCCCN(c1ccncc1)c1csc2c(Cl)cccc12.Cl.O. The molecule has 0 fully saturated rings. The Morgan fingerprint density at radius 1 is 1.12 bits per heavy atom. The van der Waals surface area contributed by atoms with Crippen molar-refractivity contribution in [2.45, 2.75) is 13.3 Å². The van der Waals surface area contributed by atoms with Gasteiger partial charge in [0, 0.05) is 41.0 Å². The van der Waals surface area contributed by atoms with Crippen LogP contribution in [-0.4, -0.2) is 36.5 Å². The van der Waals surface area contributed by atoms with Crippen molar-refractivity contribution in [3.63, 3.8) is 0 Å². The second-order valence-electron chi connectivity index (χ2n) is 7.22. The fourth-order valence-corrected chi connectivity index (χ4v) is 4.81. The van der Waals surface area contributed by atoms with Crippen LogP contribution < -0.4 is 14.4 Å². The van der Waals surface area contributed by atoms with Crippen molar-refractivity contribution in [1.29, 1.82) is 0 Å². The Labute approximate surface area is 213 Å². The number of carbonyl (C=O) groups is 1. The molecule has 9 heteroatoms. The van der Waals surface area contributed by atoms with Crippen LogP contribution >= 0.6 is 35.3 Å². The summed E-state index contributed by atoms with van der Waals surface area (Å²) >= 11 is 8.05. The van der Waals surface area contributed by atoms with Crippen LogP contribution in [0.5, 0.6) is 11.5 Å². The van der Waals surface area contributed by atoms with E-state index in [0.29, 0.717) is 23.7 Å². The zero-order valence-electron chi connectivity index (χ0n) is 18.8. The number of nitrogens with zero attached hydrogens (tertiary/aromatic N) is 2. The van der Waals surface area contributed by atoms with Crippen molar-refractivity contribution < 1.29 is 19.7 Å². The number of methoxy groups -OCH3 is 1. The number of ketones is 1. The summed E-state index contributed by atoms with van der Waals surface area (Å²) in [6.07, 6.45) is 4.36. The van der Waals surface area contributed by atoms with Crippen LogP contribution in [0.3, 0.4) is 0 Å². The molecule has 180 valence electrons. The first-order valence-corrected chi connectivity index (χ1v) is 11.5. The van der Waals surface area contributed by atoms with E-state index in [1.54, 1.807) is 49.0 Å². The zero-order valence-corrected chi connectivity index (χ0v) is 21.2. The molecule has 2 heterocycles. The molecule has 0 bridgehead atoms. The number of Topliss-reactive ketones (excluding diaryl/α,β-unsaturated/α-hetero) is 1. The molecule has 0 amide bonds. The maximum atomic E-state index is 11.6. The minimum absolute atomic E-state index is 0. The first-order valence-electron chi connectivity index (χ1n) is 10.2. The van der Waals surface area contributed by atoms with Gasteiger partial charge in [0.1, 0.15) is 0 Å². The summed E-state index contributed by atoms with van der Waals surface area (Å²) in [5.41, 5.74) is 2.77. The van der Waals surface area contributed by atoms with Crippen molar-refractivity contribution in [2.24, 2.45) is 0 Å². The summed E-state index contributed by atoms with van der Waals surface area (Å²) < 4.78 is 12.5. The van der Waals surface area contributed by atoms with Crippen LogP contribution in [-0.2, 0) is 0 Å². The highest BCUT2D eigenvalue weighted by atomic mass is 35.5. The first-order chi connectivity index (χ1) is 15.6. The van der Waals surface area contributed by atoms with Crippen LogP contribution in [0, 0.1) is 0 Å². The second-order valence-corrected chi connectivity index (χ2v) is 8.51. The molecule has 0 aliphatic rings. The van der Waals surface area contributed by atoms with Crippen LogP contribution in [0.4, 0.5) is 11.4 Å². The Balaban J connectivity index is 0.00000204. The average molecular weight is 521 g/mol. The lowest BCUT2D eigenvalue weighted by atomic mass is 10.1. The number of benzene rings is 2. The second kappa shape index (κ2) is 12.6. The van der Waals surface area contributed by atoms with E-state index in [4.69, 9.17) is 21.1 Å². The van der Waals surface area contributed by atoms with E-state index in [0.717, 1.165) is 39.4 Å². The molecular weight excluding hydrogens is 495 g/mol. The number of thiophene rings is 1. The van der Waals surface area contributed by atoms with Gasteiger partial charge in [-0.3, -0.25) is 9.78 Å². The minimum Gasteiger partial charge on any atom is -0.493 e. The molecule has 4 aromatic rings. The van der Waals surface area contributed by atoms with Gasteiger partial charge in [-0.2, -0.15) is 0 Å². The van der Waals surface area contributed by atoms with Gasteiger partial charge in [0.25, 0.3) is 0 Å². The first kappa shape index (κ1) is 27.4. The molecular formula is C25H26Cl2N2O4S. The third-order valence-corrected chi connectivity index (χ3v) is 6.59. The highest BCUT2D eigenvalue weighted by Crippen LogP contribution is 2.40. The van der Waals surface area contributed by atoms with Gasteiger partial charge in [-0.15, -0.1) is 23.7 Å². The fourth-order valence-electron chi connectivity index (χ4n) is 3.54. The van der Waals surface area contributed by atoms with E-state index in [1.807, 2.05) is 24.3 Å². The molecule has 0 aliphatic carbocycles. The third kappa shape index (κ3) is 5.98. The number of halogens is 2. The largest absolute Gasteiger partial charge is 0.493 e. The van der Waals surface area contributed by atoms with E-state index in [2.05, 4.69) is 21.3 Å². The van der Waals surface area contributed by atoms with Gasteiger partial charge < -0.3 is 19.8 Å². The third-order valence-electron chi connectivity index (χ3n) is 5.15. The number of carbonyl (C=O) groups excluding carboxylic acids is 1. The molecule has 0 unspecified atom stereocenters. The maximum absolute atomic E-state index is 11.6. The molecule has 2 N–H and O–H groups in total. The Bertz CT molecular complexity index is 1230. The summed E-state index contributed by atoms with van der Waals surface area (Å²) in [6, 6.07) is 15.2. The predicted octanol–water partition coefficient (Wildman–Crippen LogP) is 6.37. The topological polar surface area (TPSA) is 83.2 Å². The van der Waals surface area contributed by atoms with E-state index >= 15 is 0 Å². The normalized spacial score (nSPS) is 10.2. The summed E-state index contributed by atoms with van der Waals surface area (Å²) in [5, 5.41) is 4.03. The average Bonchev–Trinajstić information content (AvgIpc) is 3.25. The monoisotopic (exact) mass is 520 g/mol. The standard InChI is InChI=1S/C25H23ClN2O3S.ClH.H2O/c1-17(29)18-7-8-23(24(15-18)30-2)31-14-4-13-28(19-9-11-27-12-10-19)22-16-32-25-20(22)5-3-6-21(25)26;;/h3,5-12,15-16H,4,13-14H2,1-2H3;1H;1H2. The van der Waals surface area contributed by atoms with Gasteiger partial charge in [0.2, 0.25) is 0 Å². The smallest absolute Gasteiger partial charge is 0.161 e. The number of hydrogen-bond donors (Lipinski definition) is 0. The molecule has 0 radical (unpaired) electrons. The molecule has 0 saturated heterocycles. The molecule has 4 rings (SSSR count). The van der Waals surface area contributed by atoms with Gasteiger partial charge in [-0.1, -0.05) is 23.7 Å². The highest BCUT2D eigenvalue weighted by Gasteiger charge is 2.16. The van der Waals surface area contributed by atoms with Crippen LogP contribution in [0.2, 0.25) is 5.02 Å². The molecule has 2 aromatic carbocycles. The zero-order chi connectivity index (χ0) is 22.5. The van der Waals surface area contributed by atoms with Gasteiger partial charge in [-0.25, -0.2) is 0 Å². The predicted molar refractivity (Wildman–Crippen MR) is 142 cm³/mol. The van der Waals surface area contributed by atoms with Gasteiger partial charge >= 0.3 is 0 Å². The molecule has 2 aromatic heterocycles. The number of aromatic nitrogens is 1. The number of ether oxygens (including phenoxy) is 2. The lowest BCUT2D eigenvalue weighted by Gasteiger charge is -2.24. The Morgan fingerprint density at radius 3 is 2.59 bits per heavy atom. The molecule has 0 saturated carbocycles. The van der Waals surface area contributed by atoms with E-state index in [-0.39, 0.29) is 23.7 Å². The molecule has 34 heavy (non-hydrogen) atoms. The maximum Gasteiger partial charge on any atom is 0.161 e. The van der Waals surface area contributed by atoms with Gasteiger partial charge in [0.05, 0.1) is 29.1 Å². The fraction of sp³-hybridized carbons (Fsp3) is 0.200. The van der Waals surface area contributed by atoms with Crippen LogP contribution in [0.1, 0.15) is 23.7 Å². The highest BCUT2D eigenvalue weighted by molar-refractivity contribution is 7.18. The quantitative estimate of drug-likeness (QED) is 0.189. The van der Waals surface area contributed by atoms with Crippen LogP contribution in [0.15, 0.2) is 66.3 Å². The molecule has 0 atom stereocenters. The van der Waals surface area contributed by atoms with Crippen molar-refractivity contribution in [3.8, 4) is 11.5 Å². The molecule has 6 nitrogen and oxygen atoms in total. The van der Waals surface area contributed by atoms with Gasteiger partial charge in [-0.05, 0) is 49.7 Å². The van der Waals surface area contributed by atoms with E-state index in [1.165, 1.54) is 6.92 Å². The van der Waals surface area contributed by atoms with Crippen molar-refractivity contribution in [3.05, 3.63) is 76.9 Å². The van der Waals surface area contributed by atoms with Crippen molar-refractivity contribution >= 4 is 62.6 Å². The number of pyridine rings is 1. The van der Waals surface area contributed by atoms with E-state index in [9.17, 15) is 4.79 Å². The number of anilines is 2. The van der Waals surface area contributed by atoms with Gasteiger partial charge in [0.15, 0.2) is 17.3 Å². The summed E-state index contributed by atoms with van der Waals surface area (Å²) in [4.78, 5) is 18.0. The van der Waals surface area contributed by atoms with E-state index < -0.39 is 0 Å². The Morgan fingerprint density at radius 2 is 1.88 bits per heavy atom. The lowest BCUT2D eigenvalue weighted by molar-refractivity contribution is 0.101. The van der Waals surface area contributed by atoms with Crippen molar-refractivity contribution in [1.82, 2.24) is 4.98 Å². The van der Waals surface area contributed by atoms with Crippen LogP contribution in [0.25, 0.3) is 10.1 Å². The molecule has 0 spiro atoms. The number of rotatable bonds is 9. The minimum atomic E-state index is -0.00839. The lowest BCUT2D eigenvalue weighted by Crippen LogP contribution is -2.20. The number of fused-ring (bicyclic) bond motifs is 1. The Hall–Kier alpha value is -2.84. The summed E-state index contributed by atoms with van der Waals surface area (Å²) in [7, 11) is 1.57. The number of hydrogen-bond acceptors (Lipinski definition) is 6. The Kier molecular flexibility index (Phi) is 10.1. The summed E-state index contributed by atoms with van der Waals surface area (Å²) in [5.74, 6) is 1.17.